The van der Waals surface area contributed by atoms with Crippen LogP contribution in [0.4, 0.5) is 0 Å². The Balaban J connectivity index is 3.47. The zero-order valence-corrected chi connectivity index (χ0v) is 22.7. The molecule has 0 bridgehead atoms. The Kier molecular flexibility index (Phi) is 13.6. The third-order valence-electron chi connectivity index (χ3n) is 5.28. The highest BCUT2D eigenvalue weighted by Gasteiger charge is 2.46. The van der Waals surface area contributed by atoms with Crippen LogP contribution >= 0.6 is 11.6 Å². The summed E-state index contributed by atoms with van der Waals surface area (Å²) in [5, 5.41) is -0.164. The van der Waals surface area contributed by atoms with Crippen LogP contribution in [-0.2, 0) is 42.9 Å². The van der Waals surface area contributed by atoms with Gasteiger partial charge in [0.1, 0.15) is 6.10 Å². The number of esters is 4. The van der Waals surface area contributed by atoms with Crippen LogP contribution in [0.25, 0.3) is 0 Å². The number of carbonyl (C=O) groups excluding carboxylic acids is 5. The highest BCUT2D eigenvalue weighted by atomic mass is 35.5. The molecule has 0 fully saturated rings. The molecule has 1 rings (SSSR count). The molecule has 3 atom stereocenters. The highest BCUT2D eigenvalue weighted by Crippen LogP contribution is 2.40. The maximum atomic E-state index is 13.1. The summed E-state index contributed by atoms with van der Waals surface area (Å²) in [6.07, 6.45) is 10.0. The first-order valence-electron chi connectivity index (χ1n) is 12.0. The zero-order chi connectivity index (χ0) is 28.0. The molecule has 0 spiro atoms. The quantitative estimate of drug-likeness (QED) is 0.137. The van der Waals surface area contributed by atoms with Gasteiger partial charge in [-0.3, -0.25) is 24.0 Å². The smallest absolute Gasteiger partial charge is 0.305 e. The molecule has 0 aromatic heterocycles. The number of allylic oxidation sites excluding steroid dienone is 4. The minimum absolute atomic E-state index is 0.0298. The fourth-order valence-corrected chi connectivity index (χ4v) is 4.04. The number of ketones is 1. The molecule has 37 heavy (non-hydrogen) atoms. The van der Waals surface area contributed by atoms with E-state index in [-0.39, 0.29) is 36.3 Å². The Morgan fingerprint density at radius 1 is 1.00 bits per heavy atom. The van der Waals surface area contributed by atoms with E-state index in [0.29, 0.717) is 6.42 Å². The zero-order valence-electron chi connectivity index (χ0n) is 21.9. The predicted octanol–water partition coefficient (Wildman–Crippen LogP) is 4.43. The fourth-order valence-electron chi connectivity index (χ4n) is 3.76. The van der Waals surface area contributed by atoms with Gasteiger partial charge in [0.25, 0.3) is 0 Å². The number of hydrogen-bond acceptors (Lipinski definition) is 9. The number of ether oxygens (including phenoxy) is 4. The molecule has 0 saturated heterocycles. The van der Waals surface area contributed by atoms with Crippen molar-refractivity contribution in [3.8, 4) is 0 Å². The van der Waals surface area contributed by atoms with Crippen LogP contribution in [0.5, 0.6) is 0 Å². The summed E-state index contributed by atoms with van der Waals surface area (Å²) in [5.41, 5.74) is -1.58. The standard InChI is InChI=1S/C27H35ClO9/c1-6-7-8-9-10-11-15-27(37-20(4)31)17-22(28)26(33)21(27)16-24(36-19(3)30)23(35-18(2)29)13-12-14-25(32)34-5/h7-8,10-11,16-17,23-24H,6,9,12-15H2,1-5H3/b8-7-,11-10-,21-16+/t23-,24-,27+/m0/s1. The first-order chi connectivity index (χ1) is 17.5. The number of hydrogen-bond donors (Lipinski definition) is 0. The summed E-state index contributed by atoms with van der Waals surface area (Å²) >= 11 is 6.19. The summed E-state index contributed by atoms with van der Waals surface area (Å²) in [6.45, 7) is 5.57. The van der Waals surface area contributed by atoms with Crippen molar-refractivity contribution in [3.63, 3.8) is 0 Å². The lowest BCUT2D eigenvalue weighted by Crippen LogP contribution is -2.38. The van der Waals surface area contributed by atoms with E-state index in [4.69, 9.17) is 25.8 Å². The van der Waals surface area contributed by atoms with Gasteiger partial charge >= 0.3 is 23.9 Å². The Labute approximate surface area is 222 Å². The van der Waals surface area contributed by atoms with E-state index >= 15 is 0 Å². The van der Waals surface area contributed by atoms with Crippen molar-refractivity contribution in [2.45, 2.75) is 84.0 Å². The molecule has 0 saturated carbocycles. The van der Waals surface area contributed by atoms with Gasteiger partial charge < -0.3 is 18.9 Å². The van der Waals surface area contributed by atoms with Crippen LogP contribution < -0.4 is 0 Å². The Morgan fingerprint density at radius 3 is 2.22 bits per heavy atom. The first kappa shape index (κ1) is 31.8. The summed E-state index contributed by atoms with van der Waals surface area (Å²) in [4.78, 5) is 60.4. The lowest BCUT2D eigenvalue weighted by molar-refractivity contribution is -0.162. The van der Waals surface area contributed by atoms with Crippen molar-refractivity contribution < 1.29 is 42.9 Å². The van der Waals surface area contributed by atoms with E-state index in [1.54, 1.807) is 6.08 Å². The Hall–Kier alpha value is -3.20. The van der Waals surface area contributed by atoms with Crippen LogP contribution in [0.15, 0.2) is 47.1 Å². The molecule has 9 nitrogen and oxygen atoms in total. The summed E-state index contributed by atoms with van der Waals surface area (Å²) in [6, 6.07) is 0. The largest absolute Gasteiger partial charge is 0.469 e. The predicted molar refractivity (Wildman–Crippen MR) is 136 cm³/mol. The first-order valence-corrected chi connectivity index (χ1v) is 12.4. The molecule has 10 heteroatoms. The molecule has 0 amide bonds. The number of rotatable bonds is 14. The van der Waals surface area contributed by atoms with Crippen molar-refractivity contribution in [1.29, 1.82) is 0 Å². The number of methoxy groups -OCH3 is 1. The van der Waals surface area contributed by atoms with Crippen LogP contribution in [0.1, 0.15) is 66.2 Å². The van der Waals surface area contributed by atoms with E-state index in [2.05, 4.69) is 4.74 Å². The van der Waals surface area contributed by atoms with Gasteiger partial charge in [-0.1, -0.05) is 42.8 Å². The molecule has 0 aromatic carbocycles. The summed E-state index contributed by atoms with van der Waals surface area (Å²) in [5.74, 6) is -3.07. The number of carbonyl (C=O) groups is 5. The van der Waals surface area contributed by atoms with Crippen LogP contribution in [0.3, 0.4) is 0 Å². The van der Waals surface area contributed by atoms with Crippen LogP contribution in [-0.4, -0.2) is 54.6 Å². The topological polar surface area (TPSA) is 122 Å². The second-order valence-corrected chi connectivity index (χ2v) is 8.77. The van der Waals surface area contributed by atoms with Gasteiger partial charge in [0.2, 0.25) is 5.78 Å². The molecule has 0 radical (unpaired) electrons. The van der Waals surface area contributed by atoms with E-state index < -0.39 is 47.5 Å². The summed E-state index contributed by atoms with van der Waals surface area (Å²) < 4.78 is 21.0. The lowest BCUT2D eigenvalue weighted by Gasteiger charge is -2.30. The average molecular weight is 539 g/mol. The number of Topliss-reactive ketones (excluding diaryl/α,β-unsaturated/α-hetero) is 1. The molecule has 0 heterocycles. The molecular formula is C27H35ClO9. The van der Waals surface area contributed by atoms with Crippen LogP contribution in [0.2, 0.25) is 0 Å². The molecule has 1 aliphatic rings. The van der Waals surface area contributed by atoms with Crippen molar-refractivity contribution in [2.24, 2.45) is 0 Å². The van der Waals surface area contributed by atoms with Gasteiger partial charge in [0.15, 0.2) is 11.7 Å². The Bertz CT molecular complexity index is 976. The molecule has 0 N–H and O–H groups in total. The second-order valence-electron chi connectivity index (χ2n) is 8.37. The molecule has 0 unspecified atom stereocenters. The normalized spacial score (nSPS) is 20.1. The average Bonchev–Trinajstić information content (AvgIpc) is 3.03. The lowest BCUT2D eigenvalue weighted by atomic mass is 9.89. The van der Waals surface area contributed by atoms with Gasteiger partial charge in [-0.05, 0) is 37.8 Å². The van der Waals surface area contributed by atoms with E-state index in [9.17, 15) is 24.0 Å². The third-order valence-corrected chi connectivity index (χ3v) is 5.56. The van der Waals surface area contributed by atoms with E-state index in [0.717, 1.165) is 6.42 Å². The van der Waals surface area contributed by atoms with Crippen molar-refractivity contribution >= 4 is 41.3 Å². The Morgan fingerprint density at radius 2 is 1.65 bits per heavy atom. The maximum absolute atomic E-state index is 13.1. The van der Waals surface area contributed by atoms with E-state index in [1.807, 2.05) is 25.2 Å². The minimum atomic E-state index is -1.55. The molecule has 1 aliphatic carbocycles. The minimum Gasteiger partial charge on any atom is -0.469 e. The monoisotopic (exact) mass is 538 g/mol. The van der Waals surface area contributed by atoms with Crippen LogP contribution in [0, 0.1) is 0 Å². The van der Waals surface area contributed by atoms with Gasteiger partial charge in [0.05, 0.1) is 12.1 Å². The van der Waals surface area contributed by atoms with Gasteiger partial charge in [-0.15, -0.1) is 0 Å². The van der Waals surface area contributed by atoms with Crippen molar-refractivity contribution in [1.82, 2.24) is 0 Å². The van der Waals surface area contributed by atoms with Gasteiger partial charge in [-0.25, -0.2) is 0 Å². The van der Waals surface area contributed by atoms with Gasteiger partial charge in [0, 0.05) is 39.2 Å². The summed E-state index contributed by atoms with van der Waals surface area (Å²) in [7, 11) is 1.25. The SMILES string of the molecule is CC/C=C\C/C=C\C[C@@]1(OC(C)=O)C=C(Cl)C(=O)/C1=C\[C@H](OC(C)=O)[C@H](CCCC(=O)OC)OC(C)=O. The fraction of sp³-hybridized carbons (Fsp3) is 0.519. The molecule has 0 aliphatic heterocycles. The van der Waals surface area contributed by atoms with Gasteiger partial charge in [-0.2, -0.15) is 0 Å². The molecule has 0 aromatic rings. The molecule has 204 valence electrons. The molecular weight excluding hydrogens is 504 g/mol. The third kappa shape index (κ3) is 10.8. The van der Waals surface area contributed by atoms with Crippen molar-refractivity contribution in [2.75, 3.05) is 7.11 Å². The van der Waals surface area contributed by atoms with Crippen molar-refractivity contribution in [3.05, 3.63) is 47.1 Å². The maximum Gasteiger partial charge on any atom is 0.305 e. The van der Waals surface area contributed by atoms with E-state index in [1.165, 1.54) is 40.0 Å². The second kappa shape index (κ2) is 15.8. The highest BCUT2D eigenvalue weighted by molar-refractivity contribution is 6.46. The number of halogens is 1.